The smallest absolute Gasteiger partial charge is 0.240 e. The molecule has 0 spiro atoms. The number of aromatic nitrogens is 3. The van der Waals surface area contributed by atoms with Gasteiger partial charge in [-0.15, -0.1) is 10.2 Å². The van der Waals surface area contributed by atoms with E-state index in [1.54, 1.807) is 12.1 Å². The highest BCUT2D eigenvalue weighted by molar-refractivity contribution is 8.00. The van der Waals surface area contributed by atoms with Crippen LogP contribution >= 0.6 is 11.8 Å². The molecule has 0 radical (unpaired) electrons. The van der Waals surface area contributed by atoms with Crippen molar-refractivity contribution in [3.63, 3.8) is 0 Å². The lowest BCUT2D eigenvalue weighted by atomic mass is 10.0. The number of hydrogen-bond acceptors (Lipinski definition) is 5. The molecule has 29 heavy (non-hydrogen) atoms. The van der Waals surface area contributed by atoms with E-state index < -0.39 is 5.25 Å². The number of carbonyl (C=O) groups excluding carboxylic acids is 1. The van der Waals surface area contributed by atoms with E-state index in [4.69, 9.17) is 0 Å². The summed E-state index contributed by atoms with van der Waals surface area (Å²) in [6, 6.07) is 13.5. The molecule has 4 rings (SSSR count). The lowest BCUT2D eigenvalue weighted by molar-refractivity contribution is -0.116. The second kappa shape index (κ2) is 8.24. The fourth-order valence-electron chi connectivity index (χ4n) is 3.34. The van der Waals surface area contributed by atoms with Crippen molar-refractivity contribution in [2.24, 2.45) is 0 Å². The first kappa shape index (κ1) is 19.4. The maximum Gasteiger partial charge on any atom is 0.240 e. The van der Waals surface area contributed by atoms with Crippen LogP contribution in [0.1, 0.15) is 36.3 Å². The number of hydrogen-bond donors (Lipinski definition) is 2. The highest BCUT2D eigenvalue weighted by atomic mass is 32.2. The Hall–Kier alpha value is -2.87. The number of nitrogens with zero attached hydrogens (tertiary/aromatic N) is 3. The van der Waals surface area contributed by atoms with Crippen LogP contribution in [0.5, 0.6) is 0 Å². The van der Waals surface area contributed by atoms with E-state index in [9.17, 15) is 9.18 Å². The zero-order chi connectivity index (χ0) is 20.4. The van der Waals surface area contributed by atoms with E-state index in [0.29, 0.717) is 5.16 Å². The van der Waals surface area contributed by atoms with Crippen molar-refractivity contribution in [1.29, 1.82) is 0 Å². The van der Waals surface area contributed by atoms with E-state index in [1.807, 2.05) is 35.9 Å². The molecule has 1 aliphatic rings. The van der Waals surface area contributed by atoms with Crippen LogP contribution in [0.3, 0.4) is 0 Å². The maximum atomic E-state index is 13.5. The molecule has 0 fully saturated rings. The number of rotatable bonds is 5. The zero-order valence-electron chi connectivity index (χ0n) is 16.2. The summed E-state index contributed by atoms with van der Waals surface area (Å²) in [5.41, 5.74) is 6.01. The quantitative estimate of drug-likeness (QED) is 0.662. The summed E-state index contributed by atoms with van der Waals surface area (Å²) in [7, 11) is 0. The number of anilines is 1. The predicted octanol–water partition coefficient (Wildman–Crippen LogP) is 4.08. The summed E-state index contributed by atoms with van der Waals surface area (Å²) in [5.74, 6) is 0.364. The SMILES string of the molecule is CCCc1nnc2n1NC(c1ccc(F)cc1)C(C(=O)Nc1cccc(C)c1)S2. The van der Waals surface area contributed by atoms with Crippen LogP contribution in [0.15, 0.2) is 53.7 Å². The molecule has 3 aromatic rings. The van der Waals surface area contributed by atoms with Gasteiger partial charge in [0, 0.05) is 12.1 Å². The number of amides is 1. The normalized spacial score (nSPS) is 18.0. The average molecular weight is 412 g/mol. The molecule has 0 aliphatic carbocycles. The van der Waals surface area contributed by atoms with Gasteiger partial charge in [-0.05, 0) is 48.7 Å². The van der Waals surface area contributed by atoms with Gasteiger partial charge in [0.25, 0.3) is 0 Å². The Morgan fingerprint density at radius 3 is 2.76 bits per heavy atom. The van der Waals surface area contributed by atoms with Crippen molar-refractivity contribution < 1.29 is 9.18 Å². The van der Waals surface area contributed by atoms with Crippen LogP contribution in [0.2, 0.25) is 0 Å². The second-order valence-electron chi connectivity index (χ2n) is 7.04. The Labute approximate surface area is 172 Å². The van der Waals surface area contributed by atoms with Gasteiger partial charge in [-0.2, -0.15) is 0 Å². The fraction of sp³-hybridized carbons (Fsp3) is 0.286. The van der Waals surface area contributed by atoms with Crippen LogP contribution in [0.4, 0.5) is 10.1 Å². The Morgan fingerprint density at radius 2 is 2.03 bits per heavy atom. The lowest BCUT2D eigenvalue weighted by Gasteiger charge is -2.33. The predicted molar refractivity (Wildman–Crippen MR) is 112 cm³/mol. The molecule has 0 bridgehead atoms. The Bertz CT molecular complexity index is 1020. The standard InChI is InChI=1S/C21H22FN5OS/c1-3-5-17-24-25-21-27(17)26-18(14-8-10-15(22)11-9-14)19(29-21)20(28)23-16-7-4-6-13(2)12-16/h4,6-12,18-19,26H,3,5H2,1-2H3,(H,23,28). The third kappa shape index (κ3) is 4.12. The van der Waals surface area contributed by atoms with Gasteiger partial charge < -0.3 is 10.7 Å². The number of fused-ring (bicyclic) bond motifs is 1. The molecule has 150 valence electrons. The number of aryl methyl sites for hydroxylation is 2. The Morgan fingerprint density at radius 1 is 1.24 bits per heavy atom. The van der Waals surface area contributed by atoms with E-state index in [2.05, 4.69) is 27.9 Å². The van der Waals surface area contributed by atoms with Crippen molar-refractivity contribution in [3.8, 4) is 0 Å². The third-order valence-electron chi connectivity index (χ3n) is 4.75. The van der Waals surface area contributed by atoms with Gasteiger partial charge >= 0.3 is 0 Å². The topological polar surface area (TPSA) is 71.8 Å². The number of nitrogens with one attached hydrogen (secondary N) is 2. The molecular formula is C21H22FN5OS. The average Bonchev–Trinajstić information content (AvgIpc) is 3.10. The van der Waals surface area contributed by atoms with Crippen molar-refractivity contribution in [1.82, 2.24) is 14.9 Å². The van der Waals surface area contributed by atoms with Crippen molar-refractivity contribution >= 4 is 23.4 Å². The number of carbonyl (C=O) groups is 1. The van der Waals surface area contributed by atoms with Gasteiger partial charge in [-0.3, -0.25) is 4.79 Å². The first-order chi connectivity index (χ1) is 14.0. The second-order valence-corrected chi connectivity index (χ2v) is 8.15. The Balaban J connectivity index is 1.66. The molecule has 2 atom stereocenters. The largest absolute Gasteiger partial charge is 0.325 e. The molecule has 2 N–H and O–H groups in total. The minimum Gasteiger partial charge on any atom is -0.325 e. The molecule has 2 unspecified atom stereocenters. The van der Waals surface area contributed by atoms with Crippen LogP contribution in [-0.2, 0) is 11.2 Å². The zero-order valence-corrected chi connectivity index (χ0v) is 17.0. The summed E-state index contributed by atoms with van der Waals surface area (Å²) >= 11 is 1.36. The molecule has 8 heteroatoms. The molecule has 0 saturated heterocycles. The summed E-state index contributed by atoms with van der Waals surface area (Å²) in [4.78, 5) is 13.2. The van der Waals surface area contributed by atoms with Crippen molar-refractivity contribution in [3.05, 3.63) is 71.3 Å². The minimum atomic E-state index is -0.493. The highest BCUT2D eigenvalue weighted by Crippen LogP contribution is 2.37. The molecular weight excluding hydrogens is 389 g/mol. The number of thioether (sulfide) groups is 1. The van der Waals surface area contributed by atoms with Crippen LogP contribution in [0.25, 0.3) is 0 Å². The molecule has 6 nitrogen and oxygen atoms in total. The van der Waals surface area contributed by atoms with E-state index in [-0.39, 0.29) is 17.8 Å². The van der Waals surface area contributed by atoms with Gasteiger partial charge in [0.2, 0.25) is 11.1 Å². The van der Waals surface area contributed by atoms with Crippen LogP contribution in [0, 0.1) is 12.7 Å². The van der Waals surface area contributed by atoms with Gasteiger partial charge in [0.1, 0.15) is 11.1 Å². The first-order valence-corrected chi connectivity index (χ1v) is 10.4. The first-order valence-electron chi connectivity index (χ1n) is 9.55. The van der Waals surface area contributed by atoms with E-state index in [1.165, 1.54) is 23.9 Å². The lowest BCUT2D eigenvalue weighted by Crippen LogP contribution is -2.41. The number of benzene rings is 2. The van der Waals surface area contributed by atoms with Crippen molar-refractivity contribution in [2.75, 3.05) is 10.7 Å². The number of halogens is 1. The minimum absolute atomic E-state index is 0.145. The summed E-state index contributed by atoms with van der Waals surface area (Å²) in [6.07, 6.45) is 1.71. The van der Waals surface area contributed by atoms with E-state index >= 15 is 0 Å². The van der Waals surface area contributed by atoms with Gasteiger partial charge in [-0.1, -0.05) is 43.0 Å². The molecule has 2 heterocycles. The fourth-order valence-corrected chi connectivity index (χ4v) is 4.44. The molecule has 1 aromatic heterocycles. The Kier molecular flexibility index (Phi) is 5.53. The molecule has 1 amide bonds. The summed E-state index contributed by atoms with van der Waals surface area (Å²) < 4.78 is 15.3. The van der Waals surface area contributed by atoms with E-state index in [0.717, 1.165) is 35.5 Å². The summed E-state index contributed by atoms with van der Waals surface area (Å²) in [5, 5.41) is 11.7. The van der Waals surface area contributed by atoms with Gasteiger partial charge in [0.15, 0.2) is 5.82 Å². The van der Waals surface area contributed by atoms with Gasteiger partial charge in [0.05, 0.1) is 6.04 Å². The third-order valence-corrected chi connectivity index (χ3v) is 5.97. The highest BCUT2D eigenvalue weighted by Gasteiger charge is 2.37. The van der Waals surface area contributed by atoms with Crippen molar-refractivity contribution in [2.45, 2.75) is 43.1 Å². The monoisotopic (exact) mass is 411 g/mol. The molecule has 0 saturated carbocycles. The van der Waals surface area contributed by atoms with Crippen LogP contribution < -0.4 is 10.7 Å². The van der Waals surface area contributed by atoms with Crippen LogP contribution in [-0.4, -0.2) is 26.0 Å². The summed E-state index contributed by atoms with van der Waals surface area (Å²) in [6.45, 7) is 4.05. The maximum absolute atomic E-state index is 13.5. The van der Waals surface area contributed by atoms with Gasteiger partial charge in [-0.25, -0.2) is 9.07 Å². The molecule has 2 aromatic carbocycles. The molecule has 1 aliphatic heterocycles.